The summed E-state index contributed by atoms with van der Waals surface area (Å²) in [4.78, 5) is 4.90. The van der Waals surface area contributed by atoms with Crippen LogP contribution in [0.5, 0.6) is 0 Å². The maximum absolute atomic E-state index is 2.49. The summed E-state index contributed by atoms with van der Waals surface area (Å²) in [6, 6.07) is 0. The molecule has 0 saturated carbocycles. The molecule has 1 aliphatic heterocycles. The molecule has 0 aliphatic carbocycles. The van der Waals surface area contributed by atoms with E-state index in [1.54, 1.807) is 0 Å². The van der Waals surface area contributed by atoms with Crippen LogP contribution in [0.4, 0.5) is 0 Å². The van der Waals surface area contributed by atoms with Gasteiger partial charge in [-0.1, -0.05) is 20.8 Å². The molecular weight excluding hydrogens is 215 g/mol. The molecule has 0 spiro atoms. The van der Waals surface area contributed by atoms with E-state index in [1.165, 1.54) is 0 Å². The summed E-state index contributed by atoms with van der Waals surface area (Å²) in [5.41, 5.74) is 0.579. The molecule has 0 saturated heterocycles. The molecule has 3 heteroatoms. The highest BCUT2D eigenvalue weighted by molar-refractivity contribution is 7.37. The molecule has 1 unspecified atom stereocenters. The summed E-state index contributed by atoms with van der Waals surface area (Å²) in [5.74, 6) is 0.649. The number of hydrogen-bond acceptors (Lipinski definition) is 2. The van der Waals surface area contributed by atoms with Crippen molar-refractivity contribution in [1.29, 1.82) is 0 Å². The van der Waals surface area contributed by atoms with Crippen molar-refractivity contribution in [2.75, 3.05) is 13.3 Å². The predicted molar refractivity (Wildman–Crippen MR) is 74.9 cm³/mol. The average Bonchev–Trinajstić information content (AvgIpc) is 2.50. The molecule has 0 N–H and O–H groups in total. The van der Waals surface area contributed by atoms with E-state index >= 15 is 0 Å². The fourth-order valence-electron chi connectivity index (χ4n) is 2.14. The van der Waals surface area contributed by atoms with Crippen LogP contribution in [0.1, 0.15) is 41.5 Å². The Hall–Kier alpha value is -0.230. The van der Waals surface area contributed by atoms with Crippen molar-refractivity contribution in [2.24, 2.45) is 5.41 Å². The number of hydrogen-bond donors (Lipinski definition) is 0. The summed E-state index contributed by atoms with van der Waals surface area (Å²) >= 11 is 0. The van der Waals surface area contributed by atoms with Crippen molar-refractivity contribution in [1.82, 2.24) is 9.80 Å². The van der Waals surface area contributed by atoms with Gasteiger partial charge in [0.25, 0.3) is 0 Å². The van der Waals surface area contributed by atoms with Gasteiger partial charge in [0.1, 0.15) is 0 Å². The molecule has 0 aromatic carbocycles. The summed E-state index contributed by atoms with van der Waals surface area (Å²) in [6.45, 7) is 17.1. The molecule has 1 rings (SSSR count). The van der Waals surface area contributed by atoms with Crippen LogP contribution in [0.15, 0.2) is 12.4 Å². The van der Waals surface area contributed by atoms with Gasteiger partial charge in [0.15, 0.2) is 0 Å². The molecule has 0 fully saturated rings. The minimum atomic E-state index is 0.227. The first-order valence-electron chi connectivity index (χ1n) is 6.04. The largest absolute Gasteiger partial charge is 0.354 e. The summed E-state index contributed by atoms with van der Waals surface area (Å²) in [7, 11) is 0.955. The average molecular weight is 242 g/mol. The fraction of sp³-hybridized carbons (Fsp3) is 0.846. The summed E-state index contributed by atoms with van der Waals surface area (Å²) < 4.78 is 0. The Morgan fingerprint density at radius 1 is 1.06 bits per heavy atom. The van der Waals surface area contributed by atoms with E-state index in [1.807, 2.05) is 0 Å². The molecule has 0 aromatic heterocycles. The van der Waals surface area contributed by atoms with E-state index in [0.29, 0.717) is 11.2 Å². The monoisotopic (exact) mass is 242 g/mol. The summed E-state index contributed by atoms with van der Waals surface area (Å²) in [6.07, 6.45) is 4.50. The second-order valence-electron chi connectivity index (χ2n) is 6.65. The van der Waals surface area contributed by atoms with Crippen molar-refractivity contribution in [3.8, 4) is 0 Å². The zero-order chi connectivity index (χ0) is 12.6. The number of rotatable bonds is 2. The molecule has 16 heavy (non-hydrogen) atoms. The van der Waals surface area contributed by atoms with Gasteiger partial charge in [0, 0.05) is 17.9 Å². The number of nitrogens with zero attached hydrogens (tertiary/aromatic N) is 2. The lowest BCUT2D eigenvalue weighted by molar-refractivity contribution is 0.126. The Kier molecular flexibility index (Phi) is 3.95. The van der Waals surface area contributed by atoms with Crippen LogP contribution in [-0.4, -0.2) is 34.5 Å². The van der Waals surface area contributed by atoms with Gasteiger partial charge in [-0.3, -0.25) is 0 Å². The van der Waals surface area contributed by atoms with E-state index in [0.717, 1.165) is 15.2 Å². The van der Waals surface area contributed by atoms with Crippen molar-refractivity contribution in [3.63, 3.8) is 0 Å². The zero-order valence-corrected chi connectivity index (χ0v) is 12.8. The normalized spacial score (nSPS) is 20.2. The Bertz CT molecular complexity index is 260. The standard InChI is InChI=1S/C13H27N2P/c1-12(2,3)11(16-7)14-8-9-15(10-14)13(4,5)6/h8-9,11,16H,10H2,1-7H3/t11-/m1/s1. The quantitative estimate of drug-likeness (QED) is 0.684. The van der Waals surface area contributed by atoms with Crippen LogP contribution in [0.3, 0.4) is 0 Å². The van der Waals surface area contributed by atoms with Crippen LogP contribution in [0.2, 0.25) is 0 Å². The third-order valence-corrected chi connectivity index (χ3v) is 4.79. The van der Waals surface area contributed by atoms with Gasteiger partial charge in [-0.2, -0.15) is 0 Å². The van der Waals surface area contributed by atoms with E-state index in [4.69, 9.17) is 0 Å². The second kappa shape index (κ2) is 4.56. The molecule has 2 nitrogen and oxygen atoms in total. The van der Waals surface area contributed by atoms with Crippen molar-refractivity contribution < 1.29 is 0 Å². The Balaban J connectivity index is 2.70. The van der Waals surface area contributed by atoms with Gasteiger partial charge >= 0.3 is 0 Å². The summed E-state index contributed by atoms with van der Waals surface area (Å²) in [5, 5.41) is 0. The highest BCUT2D eigenvalue weighted by Crippen LogP contribution is 2.37. The van der Waals surface area contributed by atoms with Crippen LogP contribution in [0.25, 0.3) is 0 Å². The molecule has 94 valence electrons. The minimum Gasteiger partial charge on any atom is -0.354 e. The van der Waals surface area contributed by atoms with Gasteiger partial charge in [0.2, 0.25) is 0 Å². The van der Waals surface area contributed by atoms with E-state index in [9.17, 15) is 0 Å². The van der Waals surface area contributed by atoms with E-state index in [-0.39, 0.29) is 5.54 Å². The van der Waals surface area contributed by atoms with E-state index in [2.05, 4.69) is 70.4 Å². The molecule has 0 aromatic rings. The van der Waals surface area contributed by atoms with Gasteiger partial charge in [-0.05, 0) is 32.9 Å². The zero-order valence-electron chi connectivity index (χ0n) is 11.8. The maximum Gasteiger partial charge on any atom is 0.0904 e. The smallest absolute Gasteiger partial charge is 0.0904 e. The van der Waals surface area contributed by atoms with Crippen LogP contribution < -0.4 is 0 Å². The molecule has 0 amide bonds. The molecular formula is C13H27N2P. The molecule has 1 aliphatic rings. The molecule has 0 bridgehead atoms. The first-order valence-corrected chi connectivity index (χ1v) is 7.62. The third kappa shape index (κ3) is 3.13. The highest BCUT2D eigenvalue weighted by Gasteiger charge is 2.32. The highest BCUT2D eigenvalue weighted by atomic mass is 31.1. The van der Waals surface area contributed by atoms with Crippen molar-refractivity contribution in [2.45, 2.75) is 52.9 Å². The molecule has 2 atom stereocenters. The molecule has 1 heterocycles. The van der Waals surface area contributed by atoms with Crippen LogP contribution in [-0.2, 0) is 0 Å². The van der Waals surface area contributed by atoms with Gasteiger partial charge < -0.3 is 9.80 Å². The van der Waals surface area contributed by atoms with Crippen molar-refractivity contribution >= 4 is 8.58 Å². The van der Waals surface area contributed by atoms with Crippen LogP contribution in [0, 0.1) is 5.41 Å². The predicted octanol–water partition coefficient (Wildman–Crippen LogP) is 3.51. The fourth-order valence-corrected chi connectivity index (χ4v) is 3.50. The third-order valence-electron chi connectivity index (χ3n) is 3.04. The van der Waals surface area contributed by atoms with Crippen LogP contribution >= 0.6 is 8.58 Å². The second-order valence-corrected chi connectivity index (χ2v) is 7.78. The minimum absolute atomic E-state index is 0.227. The SMILES string of the molecule is CP[C@@H](N1C=CN(C(C)(C)C)C1)C(C)(C)C. The molecule has 0 radical (unpaired) electrons. The van der Waals surface area contributed by atoms with Gasteiger partial charge in [0.05, 0.1) is 12.5 Å². The Labute approximate surface area is 103 Å². The maximum atomic E-state index is 2.49. The van der Waals surface area contributed by atoms with E-state index < -0.39 is 0 Å². The first kappa shape index (κ1) is 13.8. The van der Waals surface area contributed by atoms with Gasteiger partial charge in [-0.15, -0.1) is 8.58 Å². The first-order chi connectivity index (χ1) is 7.16. The Morgan fingerprint density at radius 2 is 1.62 bits per heavy atom. The Morgan fingerprint density at radius 3 is 1.94 bits per heavy atom. The lowest BCUT2D eigenvalue weighted by Crippen LogP contribution is -2.44. The van der Waals surface area contributed by atoms with Crippen molar-refractivity contribution in [3.05, 3.63) is 12.4 Å². The lowest BCUT2D eigenvalue weighted by atomic mass is 9.96. The van der Waals surface area contributed by atoms with Gasteiger partial charge in [-0.25, -0.2) is 0 Å². The topological polar surface area (TPSA) is 6.48 Å². The lowest BCUT2D eigenvalue weighted by Gasteiger charge is -2.40.